The number of nitrogens with one attached hydrogen (secondary N) is 1. The third kappa shape index (κ3) is 2.49. The average Bonchev–Trinajstić information content (AvgIpc) is 2.79. The van der Waals surface area contributed by atoms with Gasteiger partial charge in [-0.2, -0.15) is 13.2 Å². The molecular weight excluding hydrogens is 284 g/mol. The Labute approximate surface area is 117 Å². The summed E-state index contributed by atoms with van der Waals surface area (Å²) in [6.45, 7) is 1.75. The number of hydrogen-bond acceptors (Lipinski definition) is 1. The zero-order valence-corrected chi connectivity index (χ0v) is 10.9. The highest BCUT2D eigenvalue weighted by Gasteiger charge is 2.30. The van der Waals surface area contributed by atoms with Crippen molar-refractivity contribution in [1.29, 1.82) is 0 Å². The van der Waals surface area contributed by atoms with E-state index in [-0.39, 0.29) is 16.9 Å². The Balaban J connectivity index is 2.13. The van der Waals surface area contributed by atoms with Crippen molar-refractivity contribution in [3.8, 4) is 11.4 Å². The first-order valence-corrected chi connectivity index (χ1v) is 6.18. The fourth-order valence-electron chi connectivity index (χ4n) is 2.13. The summed E-state index contributed by atoms with van der Waals surface area (Å²) < 4.78 is 51.9. The average molecular weight is 294 g/mol. The van der Waals surface area contributed by atoms with Crippen LogP contribution >= 0.6 is 0 Å². The van der Waals surface area contributed by atoms with Crippen LogP contribution in [0.3, 0.4) is 0 Å². The Morgan fingerprint density at radius 2 is 1.81 bits per heavy atom. The van der Waals surface area contributed by atoms with Gasteiger partial charge in [0, 0.05) is 0 Å². The van der Waals surface area contributed by atoms with Crippen LogP contribution in [-0.2, 0) is 6.18 Å². The van der Waals surface area contributed by atoms with Crippen LogP contribution in [0, 0.1) is 12.7 Å². The predicted molar refractivity (Wildman–Crippen MR) is 71.2 cm³/mol. The number of aryl methyl sites for hydroxylation is 1. The monoisotopic (exact) mass is 294 g/mol. The standard InChI is InChI=1S/C15H10F4N2/c1-8-2-4-10(11(16)6-8)14-20-12-5-3-9(15(17,18)19)7-13(12)21-14/h2-7H,1H3,(H,20,21). The van der Waals surface area contributed by atoms with E-state index in [0.29, 0.717) is 5.52 Å². The highest BCUT2D eigenvalue weighted by Crippen LogP contribution is 2.32. The Morgan fingerprint density at radius 3 is 2.48 bits per heavy atom. The molecule has 1 N–H and O–H groups in total. The number of hydrogen-bond donors (Lipinski definition) is 1. The summed E-state index contributed by atoms with van der Waals surface area (Å²) >= 11 is 0. The Hall–Kier alpha value is -2.37. The molecule has 21 heavy (non-hydrogen) atoms. The van der Waals surface area contributed by atoms with Crippen molar-refractivity contribution in [1.82, 2.24) is 9.97 Å². The fourth-order valence-corrected chi connectivity index (χ4v) is 2.13. The van der Waals surface area contributed by atoms with E-state index >= 15 is 0 Å². The number of nitrogens with zero attached hydrogens (tertiary/aromatic N) is 1. The number of alkyl halides is 3. The molecule has 0 unspecified atom stereocenters. The summed E-state index contributed by atoms with van der Waals surface area (Å²) in [5, 5.41) is 0. The van der Waals surface area contributed by atoms with Crippen LogP contribution in [0.4, 0.5) is 17.6 Å². The van der Waals surface area contributed by atoms with Crippen LogP contribution in [0.15, 0.2) is 36.4 Å². The van der Waals surface area contributed by atoms with Gasteiger partial charge in [0.2, 0.25) is 0 Å². The van der Waals surface area contributed by atoms with Gasteiger partial charge in [-0.15, -0.1) is 0 Å². The smallest absolute Gasteiger partial charge is 0.338 e. The zero-order chi connectivity index (χ0) is 15.2. The Bertz CT molecular complexity index is 818. The van der Waals surface area contributed by atoms with Crippen LogP contribution in [0.2, 0.25) is 0 Å². The molecule has 0 radical (unpaired) electrons. The van der Waals surface area contributed by atoms with E-state index in [2.05, 4.69) is 9.97 Å². The number of imidazole rings is 1. The van der Waals surface area contributed by atoms with Crippen molar-refractivity contribution in [2.45, 2.75) is 13.1 Å². The molecule has 0 atom stereocenters. The highest BCUT2D eigenvalue weighted by atomic mass is 19.4. The molecule has 3 aromatic rings. The fraction of sp³-hybridized carbons (Fsp3) is 0.133. The molecule has 0 fully saturated rings. The summed E-state index contributed by atoms with van der Waals surface area (Å²) in [5.41, 5.74) is 0.796. The highest BCUT2D eigenvalue weighted by molar-refractivity contribution is 5.80. The minimum atomic E-state index is -4.42. The van der Waals surface area contributed by atoms with Crippen LogP contribution in [0.25, 0.3) is 22.4 Å². The number of halogens is 4. The number of fused-ring (bicyclic) bond motifs is 1. The first-order chi connectivity index (χ1) is 9.84. The molecule has 0 bridgehead atoms. The lowest BCUT2D eigenvalue weighted by atomic mass is 10.1. The molecule has 0 spiro atoms. The van der Waals surface area contributed by atoms with E-state index in [1.807, 2.05) is 0 Å². The van der Waals surface area contributed by atoms with Crippen LogP contribution in [0.1, 0.15) is 11.1 Å². The number of H-pyrrole nitrogens is 1. The molecule has 1 aromatic heterocycles. The number of aromatic amines is 1. The minimum absolute atomic E-state index is 0.210. The van der Waals surface area contributed by atoms with Gasteiger partial charge in [-0.1, -0.05) is 6.07 Å². The van der Waals surface area contributed by atoms with Crippen LogP contribution in [-0.4, -0.2) is 9.97 Å². The Kier molecular flexibility index (Phi) is 2.97. The maximum atomic E-state index is 13.9. The third-order valence-electron chi connectivity index (χ3n) is 3.19. The topological polar surface area (TPSA) is 28.7 Å². The molecule has 0 saturated carbocycles. The minimum Gasteiger partial charge on any atom is -0.338 e. The summed E-state index contributed by atoms with van der Waals surface area (Å²) in [6, 6.07) is 7.81. The summed E-state index contributed by atoms with van der Waals surface area (Å²) in [6.07, 6.45) is -4.42. The SMILES string of the molecule is Cc1ccc(-c2nc3ccc(C(F)(F)F)cc3[nH]2)c(F)c1. The van der Waals surface area contributed by atoms with E-state index in [1.54, 1.807) is 19.1 Å². The third-order valence-corrected chi connectivity index (χ3v) is 3.19. The molecule has 0 aliphatic rings. The van der Waals surface area contributed by atoms with Gasteiger partial charge in [0.25, 0.3) is 0 Å². The molecule has 1 heterocycles. The van der Waals surface area contributed by atoms with Gasteiger partial charge >= 0.3 is 6.18 Å². The molecule has 0 amide bonds. The quantitative estimate of drug-likeness (QED) is 0.648. The first kappa shape index (κ1) is 13.6. The molecule has 2 aromatic carbocycles. The molecule has 3 rings (SSSR count). The van der Waals surface area contributed by atoms with Gasteiger partial charge in [-0.3, -0.25) is 0 Å². The van der Waals surface area contributed by atoms with Crippen molar-refractivity contribution in [3.05, 3.63) is 53.3 Å². The molecule has 108 valence electrons. The van der Waals surface area contributed by atoms with Gasteiger partial charge in [0.15, 0.2) is 0 Å². The summed E-state index contributed by atoms with van der Waals surface area (Å²) in [7, 11) is 0. The second-order valence-electron chi connectivity index (χ2n) is 4.80. The first-order valence-electron chi connectivity index (χ1n) is 6.18. The molecule has 0 aliphatic heterocycles. The van der Waals surface area contributed by atoms with E-state index in [9.17, 15) is 17.6 Å². The predicted octanol–water partition coefficient (Wildman–Crippen LogP) is 4.70. The van der Waals surface area contributed by atoms with Crippen molar-refractivity contribution in [2.24, 2.45) is 0 Å². The van der Waals surface area contributed by atoms with Gasteiger partial charge in [0.05, 0.1) is 22.2 Å². The van der Waals surface area contributed by atoms with Crippen LogP contribution in [0.5, 0.6) is 0 Å². The zero-order valence-electron chi connectivity index (χ0n) is 10.9. The van der Waals surface area contributed by atoms with Crippen molar-refractivity contribution in [3.63, 3.8) is 0 Å². The molecule has 2 nitrogen and oxygen atoms in total. The summed E-state index contributed by atoms with van der Waals surface area (Å²) in [4.78, 5) is 6.87. The molecular formula is C15H10F4N2. The van der Waals surface area contributed by atoms with E-state index in [0.717, 1.165) is 17.7 Å². The lowest BCUT2D eigenvalue weighted by molar-refractivity contribution is -0.137. The second-order valence-corrected chi connectivity index (χ2v) is 4.80. The van der Waals surface area contributed by atoms with Gasteiger partial charge in [-0.05, 0) is 42.8 Å². The lowest BCUT2D eigenvalue weighted by Crippen LogP contribution is -2.04. The van der Waals surface area contributed by atoms with Crippen LogP contribution < -0.4 is 0 Å². The largest absolute Gasteiger partial charge is 0.416 e. The van der Waals surface area contributed by atoms with Crippen molar-refractivity contribution in [2.75, 3.05) is 0 Å². The van der Waals surface area contributed by atoms with E-state index < -0.39 is 17.6 Å². The summed E-state index contributed by atoms with van der Waals surface area (Å²) in [5.74, 6) is -0.257. The second kappa shape index (κ2) is 4.58. The van der Waals surface area contributed by atoms with E-state index in [4.69, 9.17) is 0 Å². The lowest BCUT2D eigenvalue weighted by Gasteiger charge is -2.05. The maximum absolute atomic E-state index is 13.9. The molecule has 0 saturated heterocycles. The number of rotatable bonds is 1. The van der Waals surface area contributed by atoms with Crippen molar-refractivity contribution >= 4 is 11.0 Å². The van der Waals surface area contributed by atoms with Gasteiger partial charge in [-0.25, -0.2) is 9.37 Å². The van der Waals surface area contributed by atoms with E-state index in [1.165, 1.54) is 12.1 Å². The number of aromatic nitrogens is 2. The van der Waals surface area contributed by atoms with Gasteiger partial charge < -0.3 is 4.98 Å². The molecule has 6 heteroatoms. The Morgan fingerprint density at radius 1 is 1.05 bits per heavy atom. The number of benzene rings is 2. The van der Waals surface area contributed by atoms with Gasteiger partial charge in [0.1, 0.15) is 11.6 Å². The normalized spacial score (nSPS) is 12.0. The maximum Gasteiger partial charge on any atom is 0.416 e. The molecule has 0 aliphatic carbocycles. The van der Waals surface area contributed by atoms with Crippen molar-refractivity contribution < 1.29 is 17.6 Å².